The van der Waals surface area contributed by atoms with Crippen molar-refractivity contribution in [1.82, 2.24) is 14.8 Å². The molecule has 5 nitrogen and oxygen atoms in total. The highest BCUT2D eigenvalue weighted by atomic mass is 16.5. The minimum atomic E-state index is 0.154. The summed E-state index contributed by atoms with van der Waals surface area (Å²) in [6.45, 7) is 4.81. The second-order valence-electron chi connectivity index (χ2n) is 9.51. The normalized spacial score (nSPS) is 24.1. The molecule has 1 saturated carbocycles. The first-order valence-corrected chi connectivity index (χ1v) is 12.0. The molecule has 1 aromatic carbocycles. The Morgan fingerprint density at radius 2 is 1.83 bits per heavy atom. The predicted octanol–water partition coefficient (Wildman–Crippen LogP) is 4.44. The molecule has 1 N–H and O–H groups in total. The van der Waals surface area contributed by atoms with E-state index in [1.807, 2.05) is 30.5 Å². The molecule has 0 spiro atoms. The Balaban J connectivity index is 1.27. The SMILES string of the molecule is O=C(c1c[nH]c2ccccc12)N(CC1CCN(C2CCCC2)CC1)C[C@@H]1CCCO1. The summed E-state index contributed by atoms with van der Waals surface area (Å²) < 4.78 is 5.90. The molecule has 3 aliphatic rings. The quantitative estimate of drug-likeness (QED) is 0.767. The Kier molecular flexibility index (Phi) is 6.09. The van der Waals surface area contributed by atoms with E-state index in [0.29, 0.717) is 5.92 Å². The standard InChI is InChI=1S/C25H35N3O2/c29-25(23-16-26-24-10-4-3-9-22(23)24)28(18-21-8-5-15-30-21)17-19-11-13-27(14-12-19)20-6-1-2-7-20/h3-4,9-10,16,19-21,26H,1-2,5-8,11-15,17-18H2/t21-/m0/s1. The molecule has 0 radical (unpaired) electrons. The van der Waals surface area contributed by atoms with Gasteiger partial charge in [-0.15, -0.1) is 0 Å². The summed E-state index contributed by atoms with van der Waals surface area (Å²) in [4.78, 5) is 21.7. The van der Waals surface area contributed by atoms with E-state index in [2.05, 4.69) is 14.8 Å². The number of fused-ring (bicyclic) bond motifs is 1. The van der Waals surface area contributed by atoms with Crippen molar-refractivity contribution in [3.8, 4) is 0 Å². The molecule has 0 bridgehead atoms. The van der Waals surface area contributed by atoms with E-state index >= 15 is 0 Å². The first kappa shape index (κ1) is 20.1. The zero-order valence-corrected chi connectivity index (χ0v) is 18.0. The third-order valence-electron chi connectivity index (χ3n) is 7.52. The van der Waals surface area contributed by atoms with Gasteiger partial charge >= 0.3 is 0 Å². The zero-order valence-electron chi connectivity index (χ0n) is 18.0. The van der Waals surface area contributed by atoms with Crippen LogP contribution in [0.5, 0.6) is 0 Å². The maximum atomic E-state index is 13.6. The monoisotopic (exact) mass is 409 g/mol. The summed E-state index contributed by atoms with van der Waals surface area (Å²) in [5.74, 6) is 0.749. The number of carbonyl (C=O) groups excluding carboxylic acids is 1. The smallest absolute Gasteiger partial charge is 0.256 e. The number of nitrogens with zero attached hydrogens (tertiary/aromatic N) is 2. The van der Waals surface area contributed by atoms with Crippen molar-refractivity contribution in [3.63, 3.8) is 0 Å². The summed E-state index contributed by atoms with van der Waals surface area (Å²) >= 11 is 0. The van der Waals surface area contributed by atoms with E-state index in [-0.39, 0.29) is 12.0 Å². The van der Waals surface area contributed by atoms with E-state index in [0.717, 1.165) is 55.0 Å². The molecule has 3 heterocycles. The fourth-order valence-corrected chi connectivity index (χ4v) is 5.78. The number of hydrogen-bond donors (Lipinski definition) is 1. The van der Waals surface area contributed by atoms with Gasteiger partial charge in [0.1, 0.15) is 0 Å². The Labute approximate surface area is 179 Å². The number of ether oxygens (including phenoxy) is 1. The molecule has 3 fully saturated rings. The summed E-state index contributed by atoms with van der Waals surface area (Å²) in [5.41, 5.74) is 1.83. The average molecular weight is 410 g/mol. The van der Waals surface area contributed by atoms with Gasteiger partial charge in [0.2, 0.25) is 0 Å². The molecule has 162 valence electrons. The van der Waals surface area contributed by atoms with Crippen LogP contribution in [0.15, 0.2) is 30.5 Å². The number of benzene rings is 1. The zero-order chi connectivity index (χ0) is 20.3. The van der Waals surface area contributed by atoms with Crippen LogP contribution in [0, 0.1) is 5.92 Å². The summed E-state index contributed by atoms with van der Waals surface area (Å²) in [5, 5.41) is 1.02. The van der Waals surface area contributed by atoms with Gasteiger partial charge in [-0.25, -0.2) is 0 Å². The van der Waals surface area contributed by atoms with E-state index < -0.39 is 0 Å². The number of carbonyl (C=O) groups is 1. The number of amides is 1. The van der Waals surface area contributed by atoms with Crippen LogP contribution >= 0.6 is 0 Å². The lowest BCUT2D eigenvalue weighted by atomic mass is 9.94. The maximum absolute atomic E-state index is 13.6. The Bertz CT molecular complexity index is 843. The van der Waals surface area contributed by atoms with Crippen molar-refractivity contribution < 1.29 is 9.53 Å². The lowest BCUT2D eigenvalue weighted by Crippen LogP contribution is -2.45. The highest BCUT2D eigenvalue weighted by molar-refractivity contribution is 6.06. The Hall–Kier alpha value is -1.85. The number of hydrogen-bond acceptors (Lipinski definition) is 3. The van der Waals surface area contributed by atoms with Crippen LogP contribution < -0.4 is 0 Å². The molecule has 5 rings (SSSR count). The summed E-state index contributed by atoms with van der Waals surface area (Å²) in [6.07, 6.45) is 12.2. The van der Waals surface area contributed by atoms with Crippen molar-refractivity contribution in [2.24, 2.45) is 5.92 Å². The van der Waals surface area contributed by atoms with Gasteiger partial charge in [-0.3, -0.25) is 4.79 Å². The number of nitrogens with one attached hydrogen (secondary N) is 1. The molecule has 1 aliphatic carbocycles. The van der Waals surface area contributed by atoms with Crippen molar-refractivity contribution in [1.29, 1.82) is 0 Å². The fraction of sp³-hybridized carbons (Fsp3) is 0.640. The van der Waals surface area contributed by atoms with Crippen molar-refractivity contribution in [3.05, 3.63) is 36.0 Å². The number of rotatable bonds is 6. The average Bonchev–Trinajstić information content (AvgIpc) is 3.55. The van der Waals surface area contributed by atoms with E-state index in [1.54, 1.807) is 0 Å². The molecule has 1 aromatic heterocycles. The largest absolute Gasteiger partial charge is 0.376 e. The van der Waals surface area contributed by atoms with Gasteiger partial charge in [0.05, 0.1) is 11.7 Å². The molecule has 0 unspecified atom stereocenters. The number of H-pyrrole nitrogens is 1. The summed E-state index contributed by atoms with van der Waals surface area (Å²) in [6, 6.07) is 8.92. The molecular formula is C25H35N3O2. The van der Waals surface area contributed by atoms with Gasteiger partial charge in [-0.05, 0) is 63.6 Å². The van der Waals surface area contributed by atoms with Gasteiger partial charge in [0, 0.05) is 42.8 Å². The molecular weight excluding hydrogens is 374 g/mol. The van der Waals surface area contributed by atoms with Gasteiger partial charge in [-0.2, -0.15) is 0 Å². The molecule has 30 heavy (non-hydrogen) atoms. The third kappa shape index (κ3) is 4.28. The lowest BCUT2D eigenvalue weighted by Gasteiger charge is -2.38. The van der Waals surface area contributed by atoms with Crippen molar-refractivity contribution in [2.45, 2.75) is 63.5 Å². The van der Waals surface area contributed by atoms with Crippen LogP contribution in [0.1, 0.15) is 61.7 Å². The van der Waals surface area contributed by atoms with E-state index in [1.165, 1.54) is 51.6 Å². The van der Waals surface area contributed by atoms with Gasteiger partial charge in [0.15, 0.2) is 0 Å². The minimum Gasteiger partial charge on any atom is -0.376 e. The molecule has 5 heteroatoms. The van der Waals surface area contributed by atoms with Crippen LogP contribution in [0.4, 0.5) is 0 Å². The number of aromatic nitrogens is 1. The highest BCUT2D eigenvalue weighted by Gasteiger charge is 2.31. The fourth-order valence-electron chi connectivity index (χ4n) is 5.78. The van der Waals surface area contributed by atoms with Crippen LogP contribution in [0.2, 0.25) is 0 Å². The van der Waals surface area contributed by atoms with Gasteiger partial charge < -0.3 is 19.5 Å². The number of para-hydroxylation sites is 1. The highest BCUT2D eigenvalue weighted by Crippen LogP contribution is 2.29. The Morgan fingerprint density at radius 1 is 1.03 bits per heavy atom. The molecule has 2 saturated heterocycles. The van der Waals surface area contributed by atoms with E-state index in [9.17, 15) is 4.79 Å². The number of likely N-dealkylation sites (tertiary alicyclic amines) is 1. The van der Waals surface area contributed by atoms with Gasteiger partial charge in [-0.1, -0.05) is 31.0 Å². The second kappa shape index (κ2) is 9.11. The lowest BCUT2D eigenvalue weighted by molar-refractivity contribution is 0.0430. The second-order valence-corrected chi connectivity index (χ2v) is 9.51. The van der Waals surface area contributed by atoms with Crippen LogP contribution in [0.25, 0.3) is 10.9 Å². The maximum Gasteiger partial charge on any atom is 0.256 e. The Morgan fingerprint density at radius 3 is 2.60 bits per heavy atom. The molecule has 1 atom stereocenters. The number of piperidine rings is 1. The summed E-state index contributed by atoms with van der Waals surface area (Å²) in [7, 11) is 0. The molecule has 2 aromatic rings. The van der Waals surface area contributed by atoms with Crippen LogP contribution in [-0.4, -0.2) is 65.6 Å². The van der Waals surface area contributed by atoms with Crippen LogP contribution in [0.3, 0.4) is 0 Å². The first-order chi connectivity index (χ1) is 14.8. The van der Waals surface area contributed by atoms with Crippen LogP contribution in [-0.2, 0) is 4.74 Å². The van der Waals surface area contributed by atoms with Crippen molar-refractivity contribution in [2.75, 3.05) is 32.8 Å². The topological polar surface area (TPSA) is 48.6 Å². The molecule has 1 amide bonds. The first-order valence-electron chi connectivity index (χ1n) is 12.0. The van der Waals surface area contributed by atoms with Crippen molar-refractivity contribution >= 4 is 16.8 Å². The minimum absolute atomic E-state index is 0.154. The third-order valence-corrected chi connectivity index (χ3v) is 7.52. The van der Waals surface area contributed by atoms with Gasteiger partial charge in [0.25, 0.3) is 5.91 Å². The number of aromatic amines is 1. The van der Waals surface area contributed by atoms with E-state index in [4.69, 9.17) is 4.74 Å². The molecule has 2 aliphatic heterocycles. The predicted molar refractivity (Wildman–Crippen MR) is 120 cm³/mol.